The largest absolute Gasteiger partial charge is 0.354 e. The van der Waals surface area contributed by atoms with Crippen LogP contribution in [0.3, 0.4) is 0 Å². The Kier molecular flexibility index (Phi) is 10.3. The Labute approximate surface area is 167 Å². The van der Waals surface area contributed by atoms with Crippen molar-refractivity contribution in [1.29, 1.82) is 0 Å². The van der Waals surface area contributed by atoms with E-state index < -0.39 is 0 Å². The van der Waals surface area contributed by atoms with Crippen molar-refractivity contribution in [3.63, 3.8) is 0 Å². The lowest BCUT2D eigenvalue weighted by atomic mass is 9.97. The summed E-state index contributed by atoms with van der Waals surface area (Å²) in [5, 5.41) is 6.42. The Bertz CT molecular complexity index is 523. The molecule has 0 spiro atoms. The van der Waals surface area contributed by atoms with Crippen LogP contribution in [-0.2, 0) is 11.2 Å². The molecule has 2 aliphatic heterocycles. The summed E-state index contributed by atoms with van der Waals surface area (Å²) in [5.74, 6) is 0.788. The molecule has 2 fully saturated rings. The SMILES string of the molecule is Cc1ncsc1CCN1CCCC(CNC(=O)C2CCCN2)C1.Cl.Cl. The lowest BCUT2D eigenvalue weighted by molar-refractivity contribution is -0.123. The summed E-state index contributed by atoms with van der Waals surface area (Å²) in [5.41, 5.74) is 3.12. The summed E-state index contributed by atoms with van der Waals surface area (Å²) < 4.78 is 0. The molecule has 1 amide bonds. The number of carbonyl (C=O) groups excluding carboxylic acids is 1. The average Bonchev–Trinajstić information content (AvgIpc) is 3.23. The highest BCUT2D eigenvalue weighted by atomic mass is 35.5. The molecule has 25 heavy (non-hydrogen) atoms. The molecule has 2 saturated heterocycles. The van der Waals surface area contributed by atoms with Gasteiger partial charge in [0.15, 0.2) is 0 Å². The Morgan fingerprint density at radius 3 is 2.92 bits per heavy atom. The van der Waals surface area contributed by atoms with Gasteiger partial charge in [0.1, 0.15) is 0 Å². The van der Waals surface area contributed by atoms with Gasteiger partial charge in [0.05, 0.1) is 17.2 Å². The first-order valence-electron chi connectivity index (χ1n) is 8.85. The molecule has 0 aromatic carbocycles. The van der Waals surface area contributed by atoms with E-state index in [0.717, 1.165) is 45.4 Å². The first kappa shape index (κ1) is 22.6. The third-order valence-corrected chi connectivity index (χ3v) is 6.04. The van der Waals surface area contributed by atoms with E-state index in [0.29, 0.717) is 5.92 Å². The van der Waals surface area contributed by atoms with Crippen molar-refractivity contribution in [2.75, 3.05) is 32.7 Å². The summed E-state index contributed by atoms with van der Waals surface area (Å²) in [4.78, 5) is 20.4. The number of halogens is 2. The Hall–Kier alpha value is -0.400. The van der Waals surface area contributed by atoms with E-state index in [1.54, 1.807) is 11.3 Å². The van der Waals surface area contributed by atoms with Crippen LogP contribution >= 0.6 is 36.2 Å². The monoisotopic (exact) mass is 408 g/mol. The maximum atomic E-state index is 12.1. The van der Waals surface area contributed by atoms with Crippen molar-refractivity contribution in [2.45, 2.75) is 45.1 Å². The quantitative estimate of drug-likeness (QED) is 0.758. The molecule has 2 atom stereocenters. The number of amides is 1. The normalized spacial score (nSPS) is 23.6. The number of carbonyl (C=O) groups is 1. The van der Waals surface area contributed by atoms with Crippen LogP contribution in [0.1, 0.15) is 36.3 Å². The molecule has 1 aromatic heterocycles. The smallest absolute Gasteiger partial charge is 0.237 e. The minimum absolute atomic E-state index is 0. The van der Waals surface area contributed by atoms with Gasteiger partial charge in [0.2, 0.25) is 5.91 Å². The predicted octanol–water partition coefficient (Wildman–Crippen LogP) is 2.42. The van der Waals surface area contributed by atoms with Crippen LogP contribution in [0, 0.1) is 12.8 Å². The third-order valence-electron chi connectivity index (χ3n) is 5.04. The van der Waals surface area contributed by atoms with Gasteiger partial charge in [-0.25, -0.2) is 4.98 Å². The number of aryl methyl sites for hydroxylation is 1. The maximum absolute atomic E-state index is 12.1. The number of nitrogens with one attached hydrogen (secondary N) is 2. The molecule has 0 aliphatic carbocycles. The molecule has 0 radical (unpaired) electrons. The topological polar surface area (TPSA) is 57.3 Å². The van der Waals surface area contributed by atoms with E-state index >= 15 is 0 Å². The van der Waals surface area contributed by atoms with E-state index in [1.165, 1.54) is 30.0 Å². The zero-order valence-electron chi connectivity index (χ0n) is 14.8. The van der Waals surface area contributed by atoms with E-state index in [1.807, 2.05) is 5.51 Å². The lowest BCUT2D eigenvalue weighted by Gasteiger charge is -2.33. The van der Waals surface area contributed by atoms with Gasteiger partial charge in [-0.15, -0.1) is 36.2 Å². The highest BCUT2D eigenvalue weighted by molar-refractivity contribution is 7.09. The number of hydrogen-bond acceptors (Lipinski definition) is 5. The van der Waals surface area contributed by atoms with E-state index in [9.17, 15) is 4.79 Å². The van der Waals surface area contributed by atoms with Gasteiger partial charge in [-0.2, -0.15) is 0 Å². The molecule has 8 heteroatoms. The van der Waals surface area contributed by atoms with Gasteiger partial charge < -0.3 is 15.5 Å². The predicted molar refractivity (Wildman–Crippen MR) is 108 cm³/mol. The average molecular weight is 409 g/mol. The Balaban J connectivity index is 0.00000156. The fraction of sp³-hybridized carbons (Fsp3) is 0.765. The van der Waals surface area contributed by atoms with E-state index in [-0.39, 0.29) is 36.8 Å². The number of piperidine rings is 1. The summed E-state index contributed by atoms with van der Waals surface area (Å²) >= 11 is 1.77. The zero-order valence-corrected chi connectivity index (χ0v) is 17.3. The van der Waals surface area contributed by atoms with Crippen LogP contribution < -0.4 is 10.6 Å². The number of likely N-dealkylation sites (tertiary alicyclic amines) is 1. The minimum Gasteiger partial charge on any atom is -0.354 e. The van der Waals surface area contributed by atoms with Crippen molar-refractivity contribution in [3.8, 4) is 0 Å². The first-order valence-corrected chi connectivity index (χ1v) is 9.73. The van der Waals surface area contributed by atoms with Crippen molar-refractivity contribution >= 4 is 42.1 Å². The molecule has 0 bridgehead atoms. The van der Waals surface area contributed by atoms with Gasteiger partial charge >= 0.3 is 0 Å². The van der Waals surface area contributed by atoms with Gasteiger partial charge in [-0.1, -0.05) is 0 Å². The third kappa shape index (κ3) is 6.68. The maximum Gasteiger partial charge on any atom is 0.237 e. The standard InChI is InChI=1S/C17H28N4OS.2ClH/c1-13-16(23-12-20-13)6-9-21-8-3-4-14(11-21)10-19-17(22)15-5-2-7-18-15;;/h12,14-15,18H,2-11H2,1H3,(H,19,22);2*1H. The Morgan fingerprint density at radius 1 is 1.40 bits per heavy atom. The minimum atomic E-state index is 0. The second kappa shape index (κ2) is 11.3. The zero-order chi connectivity index (χ0) is 16.1. The molecule has 2 unspecified atom stereocenters. The summed E-state index contributed by atoms with van der Waals surface area (Å²) in [6.07, 6.45) is 5.67. The number of rotatable bonds is 6. The molecule has 3 rings (SSSR count). The molecular formula is C17H30Cl2N4OS. The first-order chi connectivity index (χ1) is 11.2. The van der Waals surface area contributed by atoms with Crippen molar-refractivity contribution in [2.24, 2.45) is 5.92 Å². The van der Waals surface area contributed by atoms with Crippen molar-refractivity contribution < 1.29 is 4.79 Å². The highest BCUT2D eigenvalue weighted by Crippen LogP contribution is 2.18. The summed E-state index contributed by atoms with van der Waals surface area (Å²) in [6.45, 7) is 7.30. The molecule has 144 valence electrons. The van der Waals surface area contributed by atoms with Crippen LogP contribution in [-0.4, -0.2) is 54.6 Å². The van der Waals surface area contributed by atoms with Gasteiger partial charge in [0.25, 0.3) is 0 Å². The van der Waals surface area contributed by atoms with Crippen LogP contribution in [0.25, 0.3) is 0 Å². The fourth-order valence-corrected chi connectivity index (χ4v) is 4.39. The molecular weight excluding hydrogens is 379 g/mol. The number of thiazole rings is 1. The molecule has 2 N–H and O–H groups in total. The van der Waals surface area contributed by atoms with Gasteiger partial charge in [-0.05, 0) is 58.0 Å². The number of nitrogens with zero attached hydrogens (tertiary/aromatic N) is 2. The van der Waals surface area contributed by atoms with Gasteiger partial charge in [0, 0.05) is 24.5 Å². The molecule has 5 nitrogen and oxygen atoms in total. The number of aromatic nitrogens is 1. The van der Waals surface area contributed by atoms with Crippen LogP contribution in [0.15, 0.2) is 5.51 Å². The Morgan fingerprint density at radius 2 is 2.24 bits per heavy atom. The van der Waals surface area contributed by atoms with E-state index in [2.05, 4.69) is 27.4 Å². The lowest BCUT2D eigenvalue weighted by Crippen LogP contribution is -2.45. The molecule has 1 aromatic rings. The van der Waals surface area contributed by atoms with Crippen LogP contribution in [0.5, 0.6) is 0 Å². The fourth-order valence-electron chi connectivity index (χ4n) is 3.62. The molecule has 0 saturated carbocycles. The molecule has 3 heterocycles. The second-order valence-corrected chi connectivity index (χ2v) is 7.75. The second-order valence-electron chi connectivity index (χ2n) is 6.81. The van der Waals surface area contributed by atoms with Crippen LogP contribution in [0.4, 0.5) is 0 Å². The van der Waals surface area contributed by atoms with Crippen LogP contribution in [0.2, 0.25) is 0 Å². The van der Waals surface area contributed by atoms with Gasteiger partial charge in [-0.3, -0.25) is 4.79 Å². The summed E-state index contributed by atoms with van der Waals surface area (Å²) in [6, 6.07) is 0.0454. The van der Waals surface area contributed by atoms with E-state index in [4.69, 9.17) is 0 Å². The summed E-state index contributed by atoms with van der Waals surface area (Å²) in [7, 11) is 0. The van der Waals surface area contributed by atoms with Crippen molar-refractivity contribution in [3.05, 3.63) is 16.1 Å². The highest BCUT2D eigenvalue weighted by Gasteiger charge is 2.24. The van der Waals surface area contributed by atoms with Crippen molar-refractivity contribution in [1.82, 2.24) is 20.5 Å². The molecule has 2 aliphatic rings. The number of hydrogen-bond donors (Lipinski definition) is 2.